The van der Waals surface area contributed by atoms with Gasteiger partial charge in [-0.2, -0.15) is 0 Å². The molecule has 0 spiro atoms. The number of hydrogen-bond donors (Lipinski definition) is 0. The quantitative estimate of drug-likeness (QED) is 0.403. The van der Waals surface area contributed by atoms with E-state index >= 15 is 0 Å². The van der Waals surface area contributed by atoms with Crippen LogP contribution in [0.3, 0.4) is 0 Å². The van der Waals surface area contributed by atoms with E-state index < -0.39 is 6.43 Å². The molecule has 0 aromatic carbocycles. The average molecular weight is 293 g/mol. The Hall–Kier alpha value is -1.77. The zero-order valence-electron chi connectivity index (χ0n) is 13.5. The lowest BCUT2D eigenvalue weighted by Gasteiger charge is -2.17. The Labute approximate surface area is 127 Å². The van der Waals surface area contributed by atoms with E-state index in [9.17, 15) is 8.78 Å². The first-order valence-corrected chi connectivity index (χ1v) is 6.96. The molecule has 0 amide bonds. The molecule has 21 heavy (non-hydrogen) atoms. The van der Waals surface area contributed by atoms with Gasteiger partial charge in [-0.1, -0.05) is 38.8 Å². The molecule has 0 aliphatic carbocycles. The molecule has 0 fully saturated rings. The second-order valence-electron chi connectivity index (χ2n) is 4.66. The van der Waals surface area contributed by atoms with E-state index in [1.165, 1.54) is 7.05 Å². The Kier molecular flexibility index (Phi) is 8.44. The first-order chi connectivity index (χ1) is 9.83. The fourth-order valence-corrected chi connectivity index (χ4v) is 2.17. The third kappa shape index (κ3) is 5.25. The maximum Gasteiger partial charge on any atom is 0.280 e. The Morgan fingerprint density at radius 1 is 1.00 bits per heavy atom. The van der Waals surface area contributed by atoms with Crippen LogP contribution in [-0.2, 0) is 0 Å². The number of halogens is 2. The summed E-state index contributed by atoms with van der Waals surface area (Å²) in [6, 6.07) is 0. The molecule has 0 aliphatic heterocycles. The molecule has 0 saturated heterocycles. The van der Waals surface area contributed by atoms with E-state index in [0.717, 1.165) is 23.1 Å². The summed E-state index contributed by atoms with van der Waals surface area (Å²) in [7, 11) is 1.36. The number of aliphatic imine (C=N–C) groups is 1. The molecule has 0 aromatic rings. The first kappa shape index (κ1) is 19.2. The molecular formula is C18H25F2N. The number of nitrogens with zero attached hydrogens (tertiary/aromatic N) is 1. The van der Waals surface area contributed by atoms with Crippen LogP contribution in [0.15, 0.2) is 64.7 Å². The summed E-state index contributed by atoms with van der Waals surface area (Å²) in [5.41, 5.74) is 3.54. The van der Waals surface area contributed by atoms with Crippen LogP contribution in [0.1, 0.15) is 33.6 Å². The highest BCUT2D eigenvalue weighted by atomic mass is 19.3. The van der Waals surface area contributed by atoms with Crippen molar-refractivity contribution in [3.8, 4) is 0 Å². The van der Waals surface area contributed by atoms with Crippen molar-refractivity contribution in [2.75, 3.05) is 7.05 Å². The van der Waals surface area contributed by atoms with Crippen molar-refractivity contribution in [3.05, 3.63) is 59.8 Å². The van der Waals surface area contributed by atoms with Gasteiger partial charge in [-0.3, -0.25) is 4.99 Å². The molecule has 0 saturated carbocycles. The first-order valence-electron chi connectivity index (χ1n) is 6.96. The minimum absolute atomic E-state index is 0.230. The van der Waals surface area contributed by atoms with Gasteiger partial charge in [0.15, 0.2) is 0 Å². The number of rotatable bonds is 8. The molecule has 0 rings (SSSR count). The van der Waals surface area contributed by atoms with Crippen LogP contribution in [0, 0.1) is 0 Å². The molecule has 0 radical (unpaired) electrons. The Bertz CT molecular complexity index is 505. The molecule has 1 nitrogen and oxygen atoms in total. The zero-order chi connectivity index (χ0) is 16.6. The predicted octanol–water partition coefficient (Wildman–Crippen LogP) is 5.68. The minimum atomic E-state index is -2.61. The summed E-state index contributed by atoms with van der Waals surface area (Å²) in [5.74, 6) is 0. The molecule has 3 heteroatoms. The normalized spacial score (nSPS) is 13.6. The summed E-state index contributed by atoms with van der Waals surface area (Å²) < 4.78 is 26.0. The van der Waals surface area contributed by atoms with Crippen LogP contribution in [0.5, 0.6) is 0 Å². The van der Waals surface area contributed by atoms with Crippen molar-refractivity contribution in [2.45, 2.75) is 40.0 Å². The third-order valence-corrected chi connectivity index (χ3v) is 3.30. The maximum absolute atomic E-state index is 13.0. The molecule has 0 bridgehead atoms. The van der Waals surface area contributed by atoms with E-state index in [0.29, 0.717) is 17.6 Å². The van der Waals surface area contributed by atoms with Gasteiger partial charge in [-0.25, -0.2) is 8.78 Å². The van der Waals surface area contributed by atoms with E-state index in [1.807, 2.05) is 19.9 Å². The van der Waals surface area contributed by atoms with Crippen LogP contribution in [0.4, 0.5) is 8.78 Å². The van der Waals surface area contributed by atoms with Crippen molar-refractivity contribution < 1.29 is 8.78 Å². The van der Waals surface area contributed by atoms with Crippen molar-refractivity contribution in [3.63, 3.8) is 0 Å². The van der Waals surface area contributed by atoms with Gasteiger partial charge in [0.25, 0.3) is 6.43 Å². The Balaban J connectivity index is 5.21. The third-order valence-electron chi connectivity index (χ3n) is 3.30. The highest BCUT2D eigenvalue weighted by Gasteiger charge is 2.19. The fraction of sp³-hybridized carbons (Fsp3) is 0.389. The molecule has 0 N–H and O–H groups in total. The lowest BCUT2D eigenvalue weighted by atomic mass is 9.90. The van der Waals surface area contributed by atoms with E-state index in [-0.39, 0.29) is 5.71 Å². The van der Waals surface area contributed by atoms with Gasteiger partial charge in [0.1, 0.15) is 5.71 Å². The molecule has 0 aliphatic rings. The Morgan fingerprint density at radius 3 is 1.81 bits per heavy atom. The van der Waals surface area contributed by atoms with Crippen molar-refractivity contribution in [1.29, 1.82) is 0 Å². The van der Waals surface area contributed by atoms with Crippen LogP contribution in [-0.4, -0.2) is 19.2 Å². The molecule has 0 aromatic heterocycles. The number of alkyl halides is 2. The second-order valence-corrected chi connectivity index (χ2v) is 4.66. The largest absolute Gasteiger partial charge is 0.286 e. The van der Waals surface area contributed by atoms with Crippen LogP contribution in [0.2, 0.25) is 0 Å². The minimum Gasteiger partial charge on any atom is -0.286 e. The average Bonchev–Trinajstić information content (AvgIpc) is 2.44. The Morgan fingerprint density at radius 2 is 1.48 bits per heavy atom. The van der Waals surface area contributed by atoms with E-state index in [1.54, 1.807) is 13.0 Å². The van der Waals surface area contributed by atoms with Crippen molar-refractivity contribution in [1.82, 2.24) is 0 Å². The van der Waals surface area contributed by atoms with E-state index in [2.05, 4.69) is 24.7 Å². The molecule has 0 unspecified atom stereocenters. The standard InChI is InChI=1S/C18H25F2N/c1-8-12(4)15(9-2)13(5)11-14(6)16(10-3)17(21-7)18(19)20/h9-10,18H,4-6,8,11H2,1-3,7H3/b15-9+,16-10-,21-17?. The molecule has 116 valence electrons. The lowest BCUT2D eigenvalue weighted by Crippen LogP contribution is -2.15. The van der Waals surface area contributed by atoms with Gasteiger partial charge in [0.2, 0.25) is 0 Å². The summed E-state index contributed by atoms with van der Waals surface area (Å²) in [6.45, 7) is 17.6. The maximum atomic E-state index is 13.0. The highest BCUT2D eigenvalue weighted by Crippen LogP contribution is 2.28. The smallest absolute Gasteiger partial charge is 0.280 e. The molecular weight excluding hydrogens is 268 g/mol. The summed E-state index contributed by atoms with van der Waals surface area (Å²) in [6.07, 6.45) is 2.19. The molecule has 0 heterocycles. The van der Waals surface area contributed by atoms with Crippen molar-refractivity contribution in [2.24, 2.45) is 4.99 Å². The molecule has 0 atom stereocenters. The predicted molar refractivity (Wildman–Crippen MR) is 89.2 cm³/mol. The topological polar surface area (TPSA) is 12.4 Å². The van der Waals surface area contributed by atoms with Gasteiger partial charge >= 0.3 is 0 Å². The van der Waals surface area contributed by atoms with Gasteiger partial charge in [-0.15, -0.1) is 0 Å². The lowest BCUT2D eigenvalue weighted by molar-refractivity contribution is 0.226. The zero-order valence-corrected chi connectivity index (χ0v) is 13.5. The monoisotopic (exact) mass is 293 g/mol. The summed E-state index contributed by atoms with van der Waals surface area (Å²) in [5, 5.41) is 0. The summed E-state index contributed by atoms with van der Waals surface area (Å²) in [4.78, 5) is 3.68. The van der Waals surface area contributed by atoms with Gasteiger partial charge in [0, 0.05) is 12.6 Å². The fourth-order valence-electron chi connectivity index (χ4n) is 2.17. The number of hydrogen-bond acceptors (Lipinski definition) is 1. The summed E-state index contributed by atoms with van der Waals surface area (Å²) >= 11 is 0. The second kappa shape index (κ2) is 9.22. The van der Waals surface area contributed by atoms with Gasteiger partial charge < -0.3 is 0 Å². The van der Waals surface area contributed by atoms with Crippen LogP contribution in [0.25, 0.3) is 0 Å². The van der Waals surface area contributed by atoms with Gasteiger partial charge in [-0.05, 0) is 49.0 Å². The SMILES string of the molecule is C=C(CC(=C)/C(=C/C)C(=C)CC)/C(=C/C)C(=NC)C(F)F. The van der Waals surface area contributed by atoms with E-state index in [4.69, 9.17) is 0 Å². The van der Waals surface area contributed by atoms with Gasteiger partial charge in [0.05, 0.1) is 0 Å². The van der Waals surface area contributed by atoms with Crippen LogP contribution < -0.4 is 0 Å². The van der Waals surface area contributed by atoms with Crippen molar-refractivity contribution >= 4 is 5.71 Å². The number of allylic oxidation sites excluding steroid dienone is 7. The highest BCUT2D eigenvalue weighted by molar-refractivity contribution is 6.05. The van der Waals surface area contributed by atoms with Crippen LogP contribution >= 0.6 is 0 Å².